The molecule has 0 bridgehead atoms. The molecule has 1 aromatic carbocycles. The molecule has 20 heavy (non-hydrogen) atoms. The minimum atomic E-state index is -0.478. The Hall–Kier alpha value is -1.97. The number of hydrogen-bond donors (Lipinski definition) is 1. The Morgan fingerprint density at radius 1 is 1.15 bits per heavy atom. The lowest BCUT2D eigenvalue weighted by molar-refractivity contribution is 0.103. The fraction of sp³-hybridized carbons (Fsp3) is 0.118. The van der Waals surface area contributed by atoms with Crippen molar-refractivity contribution in [1.82, 2.24) is 0 Å². The molecular formula is C17H15NOS. The first-order valence-electron chi connectivity index (χ1n) is 6.51. The molecule has 1 atom stereocenters. The van der Waals surface area contributed by atoms with E-state index in [0.717, 1.165) is 4.88 Å². The summed E-state index contributed by atoms with van der Waals surface area (Å²) in [6.07, 6.45) is 6.38. The van der Waals surface area contributed by atoms with Crippen molar-refractivity contribution in [3.05, 3.63) is 82.1 Å². The van der Waals surface area contributed by atoms with Crippen LogP contribution in [0, 0.1) is 0 Å². The molecule has 2 N–H and O–H groups in total. The van der Waals surface area contributed by atoms with Gasteiger partial charge in [0.25, 0.3) is 0 Å². The number of Topliss-reactive ketones (excluding diaryl/α,β-unsaturated/α-hetero) is 1. The normalized spacial score (nSPS) is 21.6. The first-order chi connectivity index (χ1) is 9.69. The maximum Gasteiger partial charge on any atom is 0.192 e. The van der Waals surface area contributed by atoms with E-state index in [1.165, 1.54) is 0 Å². The molecule has 1 unspecified atom stereocenters. The van der Waals surface area contributed by atoms with E-state index in [-0.39, 0.29) is 5.78 Å². The van der Waals surface area contributed by atoms with E-state index in [1.807, 2.05) is 66.1 Å². The molecule has 0 radical (unpaired) electrons. The molecule has 0 amide bonds. The van der Waals surface area contributed by atoms with E-state index in [1.54, 1.807) is 11.3 Å². The summed E-state index contributed by atoms with van der Waals surface area (Å²) in [5.41, 5.74) is 7.34. The zero-order valence-electron chi connectivity index (χ0n) is 11.0. The maximum atomic E-state index is 12.3. The molecule has 0 aliphatic heterocycles. The Labute approximate surface area is 122 Å². The van der Waals surface area contributed by atoms with Crippen LogP contribution in [0.3, 0.4) is 0 Å². The monoisotopic (exact) mass is 281 g/mol. The van der Waals surface area contributed by atoms with Gasteiger partial charge in [-0.15, -0.1) is 11.3 Å². The Balaban J connectivity index is 1.82. The highest BCUT2D eigenvalue weighted by atomic mass is 32.1. The molecule has 0 spiro atoms. The number of ketones is 1. The summed E-state index contributed by atoms with van der Waals surface area (Å²) in [7, 11) is 0. The largest absolute Gasteiger partial charge is 0.317 e. The van der Waals surface area contributed by atoms with Gasteiger partial charge in [-0.05, 0) is 17.9 Å². The molecule has 100 valence electrons. The average Bonchev–Trinajstić information content (AvgIpc) is 3.03. The van der Waals surface area contributed by atoms with Crippen molar-refractivity contribution in [3.63, 3.8) is 0 Å². The van der Waals surface area contributed by atoms with Crippen molar-refractivity contribution in [2.45, 2.75) is 12.0 Å². The summed E-state index contributed by atoms with van der Waals surface area (Å²) < 4.78 is 0. The Morgan fingerprint density at radius 2 is 1.95 bits per heavy atom. The summed E-state index contributed by atoms with van der Waals surface area (Å²) in [5.74, 6) is 0.0510. The van der Waals surface area contributed by atoms with Crippen molar-refractivity contribution in [1.29, 1.82) is 0 Å². The van der Waals surface area contributed by atoms with Crippen LogP contribution in [-0.4, -0.2) is 5.78 Å². The van der Waals surface area contributed by atoms with Gasteiger partial charge >= 0.3 is 0 Å². The minimum Gasteiger partial charge on any atom is -0.317 e. The standard InChI is InChI=1S/C17H15NOS/c18-17(15-7-4-12-20-15)10-8-14(9-11-17)16(19)13-5-2-1-3-6-13/h1-10,12H,11,18H2. The van der Waals surface area contributed by atoms with Crippen molar-refractivity contribution in [2.24, 2.45) is 5.73 Å². The Kier molecular flexibility index (Phi) is 3.38. The fourth-order valence-electron chi connectivity index (χ4n) is 2.30. The molecule has 3 rings (SSSR count). The highest BCUT2D eigenvalue weighted by Crippen LogP contribution is 2.32. The third-order valence-corrected chi connectivity index (χ3v) is 4.56. The molecule has 1 aromatic heterocycles. The molecule has 0 fully saturated rings. The molecular weight excluding hydrogens is 266 g/mol. The Bertz CT molecular complexity index is 670. The number of carbonyl (C=O) groups excluding carboxylic acids is 1. The van der Waals surface area contributed by atoms with Crippen LogP contribution in [0.4, 0.5) is 0 Å². The predicted octanol–water partition coefficient (Wildman–Crippen LogP) is 3.67. The lowest BCUT2D eigenvalue weighted by Gasteiger charge is -2.26. The number of nitrogens with two attached hydrogens (primary N) is 1. The van der Waals surface area contributed by atoms with Crippen LogP contribution in [0.2, 0.25) is 0 Å². The highest BCUT2D eigenvalue weighted by molar-refractivity contribution is 7.10. The predicted molar refractivity (Wildman–Crippen MR) is 82.8 cm³/mol. The van der Waals surface area contributed by atoms with Crippen molar-refractivity contribution >= 4 is 17.1 Å². The summed E-state index contributed by atoms with van der Waals surface area (Å²) in [4.78, 5) is 13.5. The number of benzene rings is 1. The van der Waals surface area contributed by atoms with Gasteiger partial charge < -0.3 is 5.73 Å². The van der Waals surface area contributed by atoms with E-state index < -0.39 is 5.54 Å². The zero-order chi connectivity index (χ0) is 14.0. The Morgan fingerprint density at radius 3 is 2.55 bits per heavy atom. The van der Waals surface area contributed by atoms with E-state index in [9.17, 15) is 4.79 Å². The average molecular weight is 281 g/mol. The number of hydrogen-bond acceptors (Lipinski definition) is 3. The molecule has 0 saturated heterocycles. The maximum absolute atomic E-state index is 12.3. The van der Waals surface area contributed by atoms with Gasteiger partial charge in [0.05, 0.1) is 5.54 Å². The fourth-order valence-corrected chi connectivity index (χ4v) is 3.14. The van der Waals surface area contributed by atoms with E-state index in [2.05, 4.69) is 0 Å². The number of allylic oxidation sites excluding steroid dienone is 2. The molecule has 1 heterocycles. The second-order valence-corrected chi connectivity index (χ2v) is 5.86. The SMILES string of the molecule is NC1(c2cccs2)C=CC(C(=O)c2ccccc2)=CC1. The smallest absolute Gasteiger partial charge is 0.192 e. The zero-order valence-corrected chi connectivity index (χ0v) is 11.8. The van der Waals surface area contributed by atoms with Gasteiger partial charge in [0.2, 0.25) is 0 Å². The summed E-state index contributed by atoms with van der Waals surface area (Å²) in [6.45, 7) is 0. The van der Waals surface area contributed by atoms with Crippen LogP contribution >= 0.6 is 11.3 Å². The number of rotatable bonds is 3. The summed E-state index contributed by atoms with van der Waals surface area (Å²) >= 11 is 1.64. The lowest BCUT2D eigenvalue weighted by Crippen LogP contribution is -2.34. The number of carbonyl (C=O) groups is 1. The van der Waals surface area contributed by atoms with Gasteiger partial charge in [0.15, 0.2) is 5.78 Å². The van der Waals surface area contributed by atoms with Gasteiger partial charge in [0.1, 0.15) is 0 Å². The van der Waals surface area contributed by atoms with Crippen LogP contribution in [-0.2, 0) is 5.54 Å². The second-order valence-electron chi connectivity index (χ2n) is 4.91. The summed E-state index contributed by atoms with van der Waals surface area (Å²) in [6, 6.07) is 13.4. The van der Waals surface area contributed by atoms with E-state index >= 15 is 0 Å². The van der Waals surface area contributed by atoms with Crippen LogP contribution < -0.4 is 5.73 Å². The van der Waals surface area contributed by atoms with Crippen LogP contribution in [0.15, 0.2) is 71.6 Å². The molecule has 1 aliphatic carbocycles. The molecule has 0 saturated carbocycles. The minimum absolute atomic E-state index is 0.0510. The highest BCUT2D eigenvalue weighted by Gasteiger charge is 2.27. The topological polar surface area (TPSA) is 43.1 Å². The van der Waals surface area contributed by atoms with Gasteiger partial charge in [-0.1, -0.05) is 54.6 Å². The third-order valence-electron chi connectivity index (χ3n) is 3.50. The van der Waals surface area contributed by atoms with E-state index in [4.69, 9.17) is 5.73 Å². The van der Waals surface area contributed by atoms with Crippen LogP contribution in [0.1, 0.15) is 21.7 Å². The molecule has 1 aliphatic rings. The first kappa shape index (κ1) is 13.0. The number of thiophene rings is 1. The van der Waals surface area contributed by atoms with Crippen LogP contribution in [0.25, 0.3) is 0 Å². The molecule has 2 nitrogen and oxygen atoms in total. The van der Waals surface area contributed by atoms with Crippen molar-refractivity contribution < 1.29 is 4.79 Å². The molecule has 2 aromatic rings. The van der Waals surface area contributed by atoms with Gasteiger partial charge in [-0.3, -0.25) is 4.79 Å². The first-order valence-corrected chi connectivity index (χ1v) is 7.39. The van der Waals surface area contributed by atoms with Crippen molar-refractivity contribution in [2.75, 3.05) is 0 Å². The quantitative estimate of drug-likeness (QED) is 0.872. The van der Waals surface area contributed by atoms with Crippen LogP contribution in [0.5, 0.6) is 0 Å². The molecule has 3 heteroatoms. The lowest BCUT2D eigenvalue weighted by atomic mass is 9.86. The second kappa shape index (κ2) is 5.19. The van der Waals surface area contributed by atoms with Crippen molar-refractivity contribution in [3.8, 4) is 0 Å². The van der Waals surface area contributed by atoms with Gasteiger partial charge in [-0.25, -0.2) is 0 Å². The van der Waals surface area contributed by atoms with Gasteiger partial charge in [-0.2, -0.15) is 0 Å². The summed E-state index contributed by atoms with van der Waals surface area (Å²) in [5, 5.41) is 2.02. The van der Waals surface area contributed by atoms with Gasteiger partial charge in [0, 0.05) is 16.0 Å². The van der Waals surface area contributed by atoms with E-state index in [0.29, 0.717) is 17.6 Å². The third kappa shape index (κ3) is 2.38.